The van der Waals surface area contributed by atoms with Crippen molar-refractivity contribution in [2.45, 2.75) is 40.0 Å². The van der Waals surface area contributed by atoms with Crippen molar-refractivity contribution >= 4 is 17.3 Å². The first-order chi connectivity index (χ1) is 10.2. The van der Waals surface area contributed by atoms with Crippen molar-refractivity contribution in [2.75, 3.05) is 17.2 Å². The Hall–Kier alpha value is -2.10. The van der Waals surface area contributed by atoms with Crippen LogP contribution in [0.3, 0.4) is 0 Å². The van der Waals surface area contributed by atoms with Gasteiger partial charge in [0.25, 0.3) is 0 Å². The summed E-state index contributed by atoms with van der Waals surface area (Å²) in [5, 5.41) is 6.69. The van der Waals surface area contributed by atoms with Crippen LogP contribution in [-0.2, 0) is 0 Å². The van der Waals surface area contributed by atoms with E-state index in [1.807, 2.05) is 6.07 Å². The predicted octanol–water partition coefficient (Wildman–Crippen LogP) is 4.44. The number of hydrogen-bond acceptors (Lipinski definition) is 4. The molecule has 112 valence electrons. The topological polar surface area (TPSA) is 49.8 Å². The number of aryl methyl sites for hydroxylation is 2. The molecule has 0 aliphatic carbocycles. The molecule has 0 unspecified atom stereocenters. The van der Waals surface area contributed by atoms with Crippen LogP contribution in [0.5, 0.6) is 0 Å². The van der Waals surface area contributed by atoms with Crippen LogP contribution in [0.1, 0.15) is 37.3 Å². The lowest BCUT2D eigenvalue weighted by atomic mass is 10.1. The quantitative estimate of drug-likeness (QED) is 0.738. The standard InChI is InChI=1S/C17H24N4/c1-4-5-6-9-18-16-11-17(20-12-19-16)21-15-8-7-13(2)10-14(15)3/h7-8,10-12H,4-6,9H2,1-3H3,(H2,18,19,20,21). The molecule has 1 aromatic heterocycles. The van der Waals surface area contributed by atoms with Gasteiger partial charge in [-0.25, -0.2) is 9.97 Å². The molecule has 0 radical (unpaired) electrons. The summed E-state index contributed by atoms with van der Waals surface area (Å²) < 4.78 is 0. The SMILES string of the molecule is CCCCCNc1cc(Nc2ccc(C)cc2C)ncn1. The van der Waals surface area contributed by atoms with Gasteiger partial charge in [-0.1, -0.05) is 37.5 Å². The minimum Gasteiger partial charge on any atom is -0.370 e. The summed E-state index contributed by atoms with van der Waals surface area (Å²) >= 11 is 0. The Labute approximate surface area is 127 Å². The molecule has 0 atom stereocenters. The summed E-state index contributed by atoms with van der Waals surface area (Å²) in [5.41, 5.74) is 3.56. The molecule has 0 spiro atoms. The zero-order valence-corrected chi connectivity index (χ0v) is 13.1. The summed E-state index contributed by atoms with van der Waals surface area (Å²) in [4.78, 5) is 8.53. The smallest absolute Gasteiger partial charge is 0.135 e. The third-order valence-electron chi connectivity index (χ3n) is 3.40. The van der Waals surface area contributed by atoms with Crippen LogP contribution in [-0.4, -0.2) is 16.5 Å². The first kappa shape index (κ1) is 15.3. The Bertz CT molecular complexity index is 581. The van der Waals surface area contributed by atoms with Crippen LogP contribution in [0, 0.1) is 13.8 Å². The van der Waals surface area contributed by atoms with E-state index in [0.29, 0.717) is 0 Å². The molecule has 0 bridgehead atoms. The number of rotatable bonds is 7. The second-order valence-electron chi connectivity index (χ2n) is 5.37. The molecule has 0 saturated heterocycles. The van der Waals surface area contributed by atoms with E-state index in [1.54, 1.807) is 6.33 Å². The molecule has 1 aromatic carbocycles. The molecule has 21 heavy (non-hydrogen) atoms. The number of nitrogens with zero attached hydrogens (tertiary/aromatic N) is 2. The Balaban J connectivity index is 2.00. The lowest BCUT2D eigenvalue weighted by Crippen LogP contribution is -2.04. The van der Waals surface area contributed by atoms with Crippen LogP contribution in [0.2, 0.25) is 0 Å². The normalized spacial score (nSPS) is 10.4. The summed E-state index contributed by atoms with van der Waals surface area (Å²) in [6, 6.07) is 8.29. The molecule has 0 aliphatic heterocycles. The minimum absolute atomic E-state index is 0.815. The van der Waals surface area contributed by atoms with Crippen molar-refractivity contribution in [2.24, 2.45) is 0 Å². The molecule has 0 amide bonds. The Morgan fingerprint density at radius 1 is 1.00 bits per heavy atom. The van der Waals surface area contributed by atoms with Gasteiger partial charge < -0.3 is 10.6 Å². The van der Waals surface area contributed by atoms with Crippen LogP contribution < -0.4 is 10.6 Å². The Kier molecular flexibility index (Phi) is 5.55. The van der Waals surface area contributed by atoms with E-state index >= 15 is 0 Å². The molecule has 0 fully saturated rings. The fourth-order valence-corrected chi connectivity index (χ4v) is 2.21. The summed E-state index contributed by atoms with van der Waals surface area (Å²) in [7, 11) is 0. The number of aromatic nitrogens is 2. The average Bonchev–Trinajstić information content (AvgIpc) is 2.47. The van der Waals surface area contributed by atoms with Gasteiger partial charge in [-0.3, -0.25) is 0 Å². The van der Waals surface area contributed by atoms with E-state index < -0.39 is 0 Å². The summed E-state index contributed by atoms with van der Waals surface area (Å²) in [6.45, 7) is 7.35. The molecular weight excluding hydrogens is 260 g/mol. The highest BCUT2D eigenvalue weighted by molar-refractivity contribution is 5.62. The molecule has 4 heteroatoms. The minimum atomic E-state index is 0.815. The summed E-state index contributed by atoms with van der Waals surface area (Å²) in [5.74, 6) is 1.68. The zero-order valence-electron chi connectivity index (χ0n) is 13.1. The van der Waals surface area contributed by atoms with Crippen molar-refractivity contribution < 1.29 is 0 Å². The molecular formula is C17H24N4. The van der Waals surface area contributed by atoms with Gasteiger partial charge in [0.1, 0.15) is 18.0 Å². The number of nitrogens with one attached hydrogen (secondary N) is 2. The van der Waals surface area contributed by atoms with Gasteiger partial charge in [0.15, 0.2) is 0 Å². The predicted molar refractivity (Wildman–Crippen MR) is 89.2 cm³/mol. The van der Waals surface area contributed by atoms with E-state index in [1.165, 1.54) is 30.4 Å². The van der Waals surface area contributed by atoms with Crippen molar-refractivity contribution in [1.82, 2.24) is 9.97 Å². The maximum atomic E-state index is 4.28. The van der Waals surface area contributed by atoms with E-state index in [-0.39, 0.29) is 0 Å². The Morgan fingerprint density at radius 3 is 2.57 bits per heavy atom. The monoisotopic (exact) mass is 284 g/mol. The van der Waals surface area contributed by atoms with E-state index in [4.69, 9.17) is 0 Å². The molecule has 4 nitrogen and oxygen atoms in total. The number of hydrogen-bond donors (Lipinski definition) is 2. The third-order valence-corrected chi connectivity index (χ3v) is 3.40. The van der Waals surface area contributed by atoms with Crippen LogP contribution >= 0.6 is 0 Å². The van der Waals surface area contributed by atoms with Gasteiger partial charge in [0.2, 0.25) is 0 Å². The first-order valence-electron chi connectivity index (χ1n) is 7.59. The molecule has 2 N–H and O–H groups in total. The third kappa shape index (κ3) is 4.74. The van der Waals surface area contributed by atoms with Crippen LogP contribution in [0.15, 0.2) is 30.6 Å². The van der Waals surface area contributed by atoms with Crippen molar-refractivity contribution in [3.8, 4) is 0 Å². The number of benzene rings is 1. The molecule has 0 aliphatic rings. The Morgan fingerprint density at radius 2 is 1.81 bits per heavy atom. The van der Waals surface area contributed by atoms with E-state index in [2.05, 4.69) is 59.6 Å². The molecule has 2 aromatic rings. The maximum Gasteiger partial charge on any atom is 0.135 e. The fourth-order valence-electron chi connectivity index (χ4n) is 2.21. The highest BCUT2D eigenvalue weighted by atomic mass is 15.1. The zero-order chi connectivity index (χ0) is 15.1. The van der Waals surface area contributed by atoms with Gasteiger partial charge in [0, 0.05) is 18.3 Å². The molecule has 1 heterocycles. The van der Waals surface area contributed by atoms with Gasteiger partial charge in [-0.05, 0) is 31.9 Å². The van der Waals surface area contributed by atoms with Gasteiger partial charge in [-0.2, -0.15) is 0 Å². The number of anilines is 3. The second kappa shape index (κ2) is 7.62. The van der Waals surface area contributed by atoms with E-state index in [0.717, 1.165) is 23.9 Å². The van der Waals surface area contributed by atoms with E-state index in [9.17, 15) is 0 Å². The highest BCUT2D eigenvalue weighted by Gasteiger charge is 2.02. The first-order valence-corrected chi connectivity index (χ1v) is 7.59. The highest BCUT2D eigenvalue weighted by Crippen LogP contribution is 2.21. The molecule has 2 rings (SSSR count). The van der Waals surface area contributed by atoms with Crippen molar-refractivity contribution in [1.29, 1.82) is 0 Å². The summed E-state index contributed by atoms with van der Waals surface area (Å²) in [6.07, 6.45) is 5.23. The lowest BCUT2D eigenvalue weighted by Gasteiger charge is -2.11. The largest absolute Gasteiger partial charge is 0.370 e. The van der Waals surface area contributed by atoms with Gasteiger partial charge in [0.05, 0.1) is 0 Å². The fraction of sp³-hybridized carbons (Fsp3) is 0.412. The van der Waals surface area contributed by atoms with Crippen molar-refractivity contribution in [3.05, 3.63) is 41.7 Å². The van der Waals surface area contributed by atoms with Crippen LogP contribution in [0.25, 0.3) is 0 Å². The van der Waals surface area contributed by atoms with Gasteiger partial charge in [-0.15, -0.1) is 0 Å². The lowest BCUT2D eigenvalue weighted by molar-refractivity contribution is 0.742. The second-order valence-corrected chi connectivity index (χ2v) is 5.37. The number of unbranched alkanes of at least 4 members (excludes halogenated alkanes) is 2. The average molecular weight is 284 g/mol. The van der Waals surface area contributed by atoms with Gasteiger partial charge >= 0.3 is 0 Å². The van der Waals surface area contributed by atoms with Crippen LogP contribution in [0.4, 0.5) is 17.3 Å². The van der Waals surface area contributed by atoms with Crippen molar-refractivity contribution in [3.63, 3.8) is 0 Å². The molecule has 0 saturated carbocycles. The maximum absolute atomic E-state index is 4.28.